The van der Waals surface area contributed by atoms with Crippen LogP contribution in [0.3, 0.4) is 0 Å². The van der Waals surface area contributed by atoms with Gasteiger partial charge in [0.05, 0.1) is 0 Å². The molecule has 13 heavy (non-hydrogen) atoms. The van der Waals surface area contributed by atoms with Crippen molar-refractivity contribution in [3.63, 3.8) is 0 Å². The Kier molecular flexibility index (Phi) is 2.53. The highest BCUT2D eigenvalue weighted by atomic mass is 32.2. The molecular formula is C5H3F3O3S2. The maximum atomic E-state index is 11.7. The second-order valence-electron chi connectivity index (χ2n) is 1.94. The van der Waals surface area contributed by atoms with Crippen molar-refractivity contribution in [2.45, 2.75) is 5.51 Å². The second-order valence-corrected chi connectivity index (χ2v) is 4.26. The van der Waals surface area contributed by atoms with E-state index in [0.717, 1.165) is 22.8 Å². The Morgan fingerprint density at radius 2 is 2.00 bits per heavy atom. The molecule has 0 spiro atoms. The number of alkyl halides is 3. The van der Waals surface area contributed by atoms with Gasteiger partial charge in [0.25, 0.3) is 0 Å². The first kappa shape index (κ1) is 10.3. The van der Waals surface area contributed by atoms with E-state index >= 15 is 0 Å². The van der Waals surface area contributed by atoms with Crippen LogP contribution in [0.1, 0.15) is 0 Å². The van der Waals surface area contributed by atoms with Crippen LogP contribution in [0.5, 0.6) is 5.75 Å². The lowest BCUT2D eigenvalue weighted by Crippen LogP contribution is -2.27. The molecule has 74 valence electrons. The number of thiophene rings is 1. The predicted molar refractivity (Wildman–Crippen MR) is 39.9 cm³/mol. The van der Waals surface area contributed by atoms with E-state index in [1.807, 2.05) is 0 Å². The smallest absolute Gasteiger partial charge is 0.375 e. The highest BCUT2D eigenvalue weighted by molar-refractivity contribution is 7.88. The molecule has 0 bridgehead atoms. The number of halogens is 3. The van der Waals surface area contributed by atoms with Gasteiger partial charge in [-0.2, -0.15) is 21.6 Å². The topological polar surface area (TPSA) is 43.4 Å². The molecule has 0 aromatic carbocycles. The first-order valence-corrected chi connectivity index (χ1v) is 5.21. The molecule has 1 aromatic rings. The van der Waals surface area contributed by atoms with Gasteiger partial charge in [0.2, 0.25) is 0 Å². The van der Waals surface area contributed by atoms with Gasteiger partial charge in [0.1, 0.15) is 0 Å². The Morgan fingerprint density at radius 3 is 2.38 bits per heavy atom. The third-order valence-electron chi connectivity index (χ3n) is 0.984. The van der Waals surface area contributed by atoms with Gasteiger partial charge in [-0.3, -0.25) is 0 Å². The zero-order valence-corrected chi connectivity index (χ0v) is 7.54. The highest BCUT2D eigenvalue weighted by Crippen LogP contribution is 2.27. The fourth-order valence-corrected chi connectivity index (χ4v) is 1.54. The fraction of sp³-hybridized carbons (Fsp3) is 0.200. The van der Waals surface area contributed by atoms with Crippen molar-refractivity contribution < 1.29 is 25.8 Å². The van der Waals surface area contributed by atoms with Crippen molar-refractivity contribution in [3.8, 4) is 5.75 Å². The predicted octanol–water partition coefficient (Wildman–Crippen LogP) is 1.98. The number of rotatable bonds is 2. The summed E-state index contributed by atoms with van der Waals surface area (Å²) in [6.07, 6.45) is 0. The molecule has 0 saturated carbocycles. The van der Waals surface area contributed by atoms with E-state index in [1.54, 1.807) is 0 Å². The average Bonchev–Trinajstić information content (AvgIpc) is 2.35. The third-order valence-corrected chi connectivity index (χ3v) is 2.62. The summed E-state index contributed by atoms with van der Waals surface area (Å²) >= 11 is 1.03. The Bertz CT molecular complexity index is 364. The van der Waals surface area contributed by atoms with Crippen LogP contribution in [0.4, 0.5) is 13.2 Å². The van der Waals surface area contributed by atoms with Crippen molar-refractivity contribution in [3.05, 3.63) is 16.8 Å². The zero-order chi connectivity index (χ0) is 10.1. The maximum absolute atomic E-state index is 11.7. The Hall–Kier alpha value is -0.760. The van der Waals surface area contributed by atoms with Gasteiger partial charge in [-0.15, -0.1) is 11.3 Å². The summed E-state index contributed by atoms with van der Waals surface area (Å²) in [5.74, 6) is -0.331. The summed E-state index contributed by atoms with van der Waals surface area (Å²) in [7, 11) is -5.51. The largest absolute Gasteiger partial charge is 0.534 e. The third kappa shape index (κ3) is 2.34. The number of hydrogen-bond acceptors (Lipinski definition) is 4. The van der Waals surface area contributed by atoms with Crippen LogP contribution in [0.25, 0.3) is 0 Å². The fourth-order valence-electron chi connectivity index (χ4n) is 0.473. The first-order chi connectivity index (χ1) is 5.83. The van der Waals surface area contributed by atoms with Crippen LogP contribution in [-0.2, 0) is 10.1 Å². The standard InChI is InChI=1S/C5H3F3O3S2/c6-5(7,8)13(9,10)11-4-1-2-12-3-4/h1-3H. The van der Waals surface area contributed by atoms with Crippen LogP contribution in [0.15, 0.2) is 16.8 Å². The highest BCUT2D eigenvalue weighted by Gasteiger charge is 2.48. The molecule has 0 aliphatic carbocycles. The summed E-state index contributed by atoms with van der Waals surface area (Å²) in [6.45, 7) is 0. The lowest BCUT2D eigenvalue weighted by Gasteiger charge is -2.06. The summed E-state index contributed by atoms with van der Waals surface area (Å²) < 4.78 is 59.7. The van der Waals surface area contributed by atoms with E-state index < -0.39 is 15.6 Å². The molecule has 0 radical (unpaired) electrons. The molecule has 1 rings (SSSR count). The zero-order valence-electron chi connectivity index (χ0n) is 5.91. The van der Waals surface area contributed by atoms with Crippen LogP contribution in [0, 0.1) is 0 Å². The second kappa shape index (κ2) is 3.18. The Labute approximate surface area is 75.9 Å². The minimum atomic E-state index is -5.51. The molecule has 0 N–H and O–H groups in total. The number of hydrogen-bond donors (Lipinski definition) is 0. The van der Waals surface area contributed by atoms with Gasteiger partial charge in [-0.25, -0.2) is 0 Å². The summed E-state index contributed by atoms with van der Waals surface area (Å²) in [4.78, 5) is 0. The van der Waals surface area contributed by atoms with Crippen LogP contribution < -0.4 is 4.18 Å². The molecule has 0 aliphatic rings. The van der Waals surface area contributed by atoms with Crippen LogP contribution in [-0.4, -0.2) is 13.9 Å². The van der Waals surface area contributed by atoms with E-state index in [0.29, 0.717) is 0 Å². The molecule has 0 amide bonds. The lowest BCUT2D eigenvalue weighted by molar-refractivity contribution is -0.0499. The normalized spacial score (nSPS) is 12.8. The van der Waals surface area contributed by atoms with Gasteiger partial charge in [0.15, 0.2) is 5.75 Å². The van der Waals surface area contributed by atoms with Gasteiger partial charge >= 0.3 is 15.6 Å². The molecule has 1 aromatic heterocycles. The van der Waals surface area contributed by atoms with Crippen molar-refractivity contribution in [1.29, 1.82) is 0 Å². The first-order valence-electron chi connectivity index (χ1n) is 2.86. The summed E-state index contributed by atoms with van der Waals surface area (Å²) in [5, 5.41) is 2.56. The van der Waals surface area contributed by atoms with Crippen molar-refractivity contribution in [2.75, 3.05) is 0 Å². The molecule has 8 heteroatoms. The summed E-state index contributed by atoms with van der Waals surface area (Å²) in [6, 6.07) is 1.13. The quantitative estimate of drug-likeness (QED) is 0.578. The molecule has 3 nitrogen and oxygen atoms in total. The van der Waals surface area contributed by atoms with Crippen LogP contribution >= 0.6 is 11.3 Å². The lowest BCUT2D eigenvalue weighted by atomic mass is 10.6. The van der Waals surface area contributed by atoms with Gasteiger partial charge in [-0.1, -0.05) is 0 Å². The van der Waals surface area contributed by atoms with Gasteiger partial charge in [-0.05, 0) is 11.4 Å². The minimum Gasteiger partial charge on any atom is -0.375 e. The van der Waals surface area contributed by atoms with Crippen molar-refractivity contribution in [1.82, 2.24) is 0 Å². The van der Waals surface area contributed by atoms with E-state index in [2.05, 4.69) is 4.18 Å². The van der Waals surface area contributed by atoms with E-state index in [-0.39, 0.29) is 5.75 Å². The molecule has 0 atom stereocenters. The maximum Gasteiger partial charge on any atom is 0.534 e. The van der Waals surface area contributed by atoms with Crippen LogP contribution in [0.2, 0.25) is 0 Å². The van der Waals surface area contributed by atoms with Crippen molar-refractivity contribution in [2.24, 2.45) is 0 Å². The van der Waals surface area contributed by atoms with Crippen molar-refractivity contribution >= 4 is 21.5 Å². The van der Waals surface area contributed by atoms with E-state index in [1.165, 1.54) is 5.38 Å². The Morgan fingerprint density at radius 1 is 1.38 bits per heavy atom. The van der Waals surface area contributed by atoms with Gasteiger partial charge < -0.3 is 4.18 Å². The SMILES string of the molecule is O=S(=O)(Oc1ccsc1)C(F)(F)F. The molecule has 1 heterocycles. The molecule has 0 fully saturated rings. The van der Waals surface area contributed by atoms with E-state index in [9.17, 15) is 21.6 Å². The minimum absolute atomic E-state index is 0.331. The Balaban J connectivity index is 2.87. The molecule has 0 unspecified atom stereocenters. The summed E-state index contributed by atoms with van der Waals surface area (Å²) in [5.41, 5.74) is -5.38. The molecular weight excluding hydrogens is 229 g/mol. The monoisotopic (exact) mass is 232 g/mol. The average molecular weight is 232 g/mol. The molecule has 0 aliphatic heterocycles. The molecule has 0 saturated heterocycles. The van der Waals surface area contributed by atoms with E-state index in [4.69, 9.17) is 0 Å². The van der Waals surface area contributed by atoms with Gasteiger partial charge in [0, 0.05) is 5.38 Å².